The first-order valence-corrected chi connectivity index (χ1v) is 7.36. The molecular formula is C16H27ClN2. The predicted molar refractivity (Wildman–Crippen MR) is 86.3 cm³/mol. The molecule has 0 spiro atoms. The lowest BCUT2D eigenvalue weighted by molar-refractivity contribution is 0.419. The van der Waals surface area contributed by atoms with E-state index in [0.717, 1.165) is 23.8 Å². The minimum Gasteiger partial charge on any atom is -0.373 e. The Kier molecular flexibility index (Phi) is 5.69. The molecule has 1 aromatic rings. The number of hydrogen-bond donors (Lipinski definition) is 1. The van der Waals surface area contributed by atoms with Crippen molar-refractivity contribution in [2.45, 2.75) is 40.7 Å². The molecule has 19 heavy (non-hydrogen) atoms. The first-order valence-electron chi connectivity index (χ1n) is 6.98. The topological polar surface area (TPSA) is 15.3 Å². The van der Waals surface area contributed by atoms with Crippen LogP contribution in [0.3, 0.4) is 0 Å². The van der Waals surface area contributed by atoms with Crippen LogP contribution in [-0.2, 0) is 0 Å². The maximum atomic E-state index is 6.43. The Morgan fingerprint density at radius 1 is 1.32 bits per heavy atom. The van der Waals surface area contributed by atoms with Crippen molar-refractivity contribution in [1.29, 1.82) is 0 Å². The minimum atomic E-state index is 0.258. The van der Waals surface area contributed by atoms with Crippen LogP contribution in [-0.4, -0.2) is 20.1 Å². The van der Waals surface area contributed by atoms with Gasteiger partial charge in [-0.15, -0.1) is 0 Å². The van der Waals surface area contributed by atoms with E-state index < -0.39 is 0 Å². The van der Waals surface area contributed by atoms with Crippen LogP contribution in [0.25, 0.3) is 0 Å². The highest BCUT2D eigenvalue weighted by Gasteiger charge is 2.16. The fourth-order valence-electron chi connectivity index (χ4n) is 2.32. The van der Waals surface area contributed by atoms with Crippen molar-refractivity contribution in [2.24, 2.45) is 5.41 Å². The molecule has 0 aliphatic heterocycles. The fraction of sp³-hybridized carbons (Fsp3) is 0.625. The molecule has 2 nitrogen and oxygen atoms in total. The Bertz CT molecular complexity index is 410. The molecule has 0 heterocycles. The number of anilines is 1. The van der Waals surface area contributed by atoms with E-state index in [9.17, 15) is 0 Å². The van der Waals surface area contributed by atoms with Crippen molar-refractivity contribution in [3.05, 3.63) is 28.8 Å². The molecule has 0 saturated heterocycles. The van der Waals surface area contributed by atoms with Crippen molar-refractivity contribution < 1.29 is 0 Å². The maximum absolute atomic E-state index is 6.43. The first-order chi connectivity index (χ1) is 8.74. The lowest BCUT2D eigenvalue weighted by Crippen LogP contribution is -2.29. The molecule has 1 unspecified atom stereocenters. The Morgan fingerprint density at radius 3 is 2.42 bits per heavy atom. The summed E-state index contributed by atoms with van der Waals surface area (Å²) in [7, 11) is 2.10. The molecule has 1 N–H and O–H groups in total. The lowest BCUT2D eigenvalue weighted by Gasteiger charge is -2.29. The molecule has 3 heteroatoms. The van der Waals surface area contributed by atoms with Gasteiger partial charge >= 0.3 is 0 Å². The van der Waals surface area contributed by atoms with E-state index in [0.29, 0.717) is 6.04 Å². The first kappa shape index (κ1) is 16.3. The van der Waals surface area contributed by atoms with Crippen molar-refractivity contribution in [2.75, 3.05) is 25.0 Å². The molecule has 0 aliphatic carbocycles. The van der Waals surface area contributed by atoms with Crippen LogP contribution in [0.1, 0.15) is 46.2 Å². The molecule has 0 fully saturated rings. The Morgan fingerprint density at radius 2 is 1.95 bits per heavy atom. The molecule has 108 valence electrons. The molecule has 0 aromatic heterocycles. The van der Waals surface area contributed by atoms with Crippen molar-refractivity contribution >= 4 is 17.3 Å². The number of nitrogens with zero attached hydrogens (tertiary/aromatic N) is 1. The van der Waals surface area contributed by atoms with Gasteiger partial charge in [0.1, 0.15) is 0 Å². The number of rotatable bonds is 5. The SMILES string of the molecule is CCNC(C)c1ccc(N(C)CC(C)(C)C)c(Cl)c1. The van der Waals surface area contributed by atoms with Gasteiger partial charge in [-0.25, -0.2) is 0 Å². The van der Waals surface area contributed by atoms with E-state index in [1.54, 1.807) is 0 Å². The van der Waals surface area contributed by atoms with E-state index in [-0.39, 0.29) is 5.41 Å². The van der Waals surface area contributed by atoms with Gasteiger partial charge in [0.2, 0.25) is 0 Å². The quantitative estimate of drug-likeness (QED) is 0.856. The van der Waals surface area contributed by atoms with Crippen LogP contribution in [0.5, 0.6) is 0 Å². The van der Waals surface area contributed by atoms with Crippen LogP contribution < -0.4 is 10.2 Å². The third-order valence-corrected chi connectivity index (χ3v) is 3.41. The molecule has 0 saturated carbocycles. The molecule has 0 amide bonds. The molecular weight excluding hydrogens is 256 g/mol. The van der Waals surface area contributed by atoms with Gasteiger partial charge in [-0.05, 0) is 36.6 Å². The summed E-state index contributed by atoms with van der Waals surface area (Å²) in [6, 6.07) is 6.69. The van der Waals surface area contributed by atoms with Gasteiger partial charge in [0.25, 0.3) is 0 Å². The van der Waals surface area contributed by atoms with Crippen LogP contribution in [0.2, 0.25) is 5.02 Å². The summed E-state index contributed by atoms with van der Waals surface area (Å²) in [5.41, 5.74) is 2.59. The highest BCUT2D eigenvalue weighted by molar-refractivity contribution is 6.33. The van der Waals surface area contributed by atoms with Crippen LogP contribution in [0.15, 0.2) is 18.2 Å². The molecule has 0 bridgehead atoms. The minimum absolute atomic E-state index is 0.258. The highest BCUT2D eigenvalue weighted by Crippen LogP contribution is 2.30. The number of hydrogen-bond acceptors (Lipinski definition) is 2. The third kappa shape index (κ3) is 5.04. The third-order valence-electron chi connectivity index (χ3n) is 3.10. The van der Waals surface area contributed by atoms with Gasteiger partial charge in [-0.3, -0.25) is 0 Å². The van der Waals surface area contributed by atoms with Crippen LogP contribution in [0, 0.1) is 5.41 Å². The van der Waals surface area contributed by atoms with E-state index in [1.807, 2.05) is 0 Å². The second kappa shape index (κ2) is 6.62. The van der Waals surface area contributed by atoms with Gasteiger partial charge in [-0.2, -0.15) is 0 Å². The van der Waals surface area contributed by atoms with Gasteiger partial charge in [-0.1, -0.05) is 45.4 Å². The summed E-state index contributed by atoms with van der Waals surface area (Å²) in [6.07, 6.45) is 0. The largest absolute Gasteiger partial charge is 0.373 e. The zero-order chi connectivity index (χ0) is 14.6. The van der Waals surface area contributed by atoms with Crippen LogP contribution in [0.4, 0.5) is 5.69 Å². The average Bonchev–Trinajstić information content (AvgIpc) is 2.26. The van der Waals surface area contributed by atoms with Gasteiger partial charge in [0.15, 0.2) is 0 Å². The van der Waals surface area contributed by atoms with E-state index in [1.165, 1.54) is 5.56 Å². The summed E-state index contributed by atoms with van der Waals surface area (Å²) in [5.74, 6) is 0. The summed E-state index contributed by atoms with van der Waals surface area (Å²) in [5, 5.41) is 4.23. The summed E-state index contributed by atoms with van der Waals surface area (Å²) in [4.78, 5) is 2.23. The Labute approximate surface area is 123 Å². The number of benzene rings is 1. The second-order valence-electron chi connectivity index (χ2n) is 6.41. The van der Waals surface area contributed by atoms with E-state index in [4.69, 9.17) is 11.6 Å². The van der Waals surface area contributed by atoms with Crippen LogP contribution >= 0.6 is 11.6 Å². The van der Waals surface area contributed by atoms with Crippen molar-refractivity contribution in [1.82, 2.24) is 5.32 Å². The van der Waals surface area contributed by atoms with E-state index in [2.05, 4.69) is 70.1 Å². The van der Waals surface area contributed by atoms with Crippen molar-refractivity contribution in [3.63, 3.8) is 0 Å². The molecule has 1 rings (SSSR count). The smallest absolute Gasteiger partial charge is 0.0642 e. The highest BCUT2D eigenvalue weighted by atomic mass is 35.5. The molecule has 0 aliphatic rings. The standard InChI is InChI=1S/C16H27ClN2/c1-7-18-12(2)13-8-9-15(14(17)10-13)19(6)11-16(3,4)5/h8-10,12,18H,7,11H2,1-6H3. The number of halogens is 1. The second-order valence-corrected chi connectivity index (χ2v) is 6.81. The zero-order valence-electron chi connectivity index (χ0n) is 13.0. The monoisotopic (exact) mass is 282 g/mol. The van der Waals surface area contributed by atoms with E-state index >= 15 is 0 Å². The molecule has 1 aromatic carbocycles. The summed E-state index contributed by atoms with van der Waals surface area (Å²) >= 11 is 6.43. The van der Waals surface area contributed by atoms with Crippen molar-refractivity contribution in [3.8, 4) is 0 Å². The normalized spacial score (nSPS) is 13.4. The molecule has 1 atom stereocenters. The predicted octanol–water partition coefficient (Wildman–Crippen LogP) is 4.49. The van der Waals surface area contributed by atoms with Gasteiger partial charge in [0.05, 0.1) is 10.7 Å². The maximum Gasteiger partial charge on any atom is 0.0642 e. The average molecular weight is 283 g/mol. The summed E-state index contributed by atoms with van der Waals surface area (Å²) < 4.78 is 0. The van der Waals surface area contributed by atoms with Gasteiger partial charge < -0.3 is 10.2 Å². The zero-order valence-corrected chi connectivity index (χ0v) is 13.8. The van der Waals surface area contributed by atoms with Gasteiger partial charge in [0, 0.05) is 19.6 Å². The lowest BCUT2D eigenvalue weighted by atomic mass is 9.96. The Hall–Kier alpha value is -0.730. The molecule has 0 radical (unpaired) electrons. The summed E-state index contributed by atoms with van der Waals surface area (Å²) in [6.45, 7) is 12.9. The fourth-order valence-corrected chi connectivity index (χ4v) is 2.66. The number of nitrogens with one attached hydrogen (secondary N) is 1. The Balaban J connectivity index is 2.88.